The SMILES string of the molecule is CC(C)(C)OC(=O)CC(C[N+](=O)[O-])c1ccc(Br)cc1. The number of nitro groups is 1. The van der Waals surface area contributed by atoms with Crippen LogP contribution in [0.5, 0.6) is 0 Å². The maximum absolute atomic E-state index is 11.8. The molecule has 0 bridgehead atoms. The first kappa shape index (κ1) is 16.6. The molecule has 0 aromatic heterocycles. The van der Waals surface area contributed by atoms with Crippen LogP contribution in [0.25, 0.3) is 0 Å². The van der Waals surface area contributed by atoms with Crippen molar-refractivity contribution < 1.29 is 14.5 Å². The number of carbonyl (C=O) groups excluding carboxylic acids is 1. The Balaban J connectivity index is 2.82. The van der Waals surface area contributed by atoms with E-state index in [0.717, 1.165) is 10.0 Å². The quantitative estimate of drug-likeness (QED) is 0.465. The van der Waals surface area contributed by atoms with E-state index in [1.165, 1.54) is 0 Å². The van der Waals surface area contributed by atoms with Crippen LogP contribution >= 0.6 is 15.9 Å². The highest BCUT2D eigenvalue weighted by molar-refractivity contribution is 9.10. The molecule has 110 valence electrons. The molecule has 6 heteroatoms. The number of rotatable bonds is 5. The fourth-order valence-electron chi connectivity index (χ4n) is 1.79. The smallest absolute Gasteiger partial charge is 0.307 e. The molecule has 0 saturated heterocycles. The average molecular weight is 344 g/mol. The monoisotopic (exact) mass is 343 g/mol. The van der Waals surface area contributed by atoms with E-state index in [9.17, 15) is 14.9 Å². The molecule has 1 unspecified atom stereocenters. The number of benzene rings is 1. The number of carbonyl (C=O) groups is 1. The van der Waals surface area contributed by atoms with Crippen LogP contribution in [0.1, 0.15) is 38.7 Å². The molecule has 0 aliphatic heterocycles. The van der Waals surface area contributed by atoms with Crippen LogP contribution in [-0.2, 0) is 9.53 Å². The Hall–Kier alpha value is -1.43. The molecule has 0 N–H and O–H groups in total. The molecule has 1 aromatic carbocycles. The second kappa shape index (κ2) is 6.83. The van der Waals surface area contributed by atoms with Gasteiger partial charge in [0.2, 0.25) is 6.54 Å². The van der Waals surface area contributed by atoms with Crippen molar-refractivity contribution in [2.75, 3.05) is 6.54 Å². The summed E-state index contributed by atoms with van der Waals surface area (Å²) in [6.07, 6.45) is -0.000117. The van der Waals surface area contributed by atoms with Crippen molar-refractivity contribution in [2.24, 2.45) is 0 Å². The van der Waals surface area contributed by atoms with Crippen LogP contribution in [0.15, 0.2) is 28.7 Å². The Morgan fingerprint density at radius 1 is 1.35 bits per heavy atom. The zero-order valence-corrected chi connectivity index (χ0v) is 13.3. The van der Waals surface area contributed by atoms with Crippen LogP contribution in [0.2, 0.25) is 0 Å². The lowest BCUT2D eigenvalue weighted by Gasteiger charge is -2.21. The molecule has 20 heavy (non-hydrogen) atoms. The number of ether oxygens (including phenoxy) is 1. The molecule has 0 radical (unpaired) electrons. The molecule has 1 atom stereocenters. The number of halogens is 1. The summed E-state index contributed by atoms with van der Waals surface area (Å²) < 4.78 is 6.11. The fourth-order valence-corrected chi connectivity index (χ4v) is 2.05. The minimum Gasteiger partial charge on any atom is -0.460 e. The minimum atomic E-state index is -0.587. The standard InChI is InChI=1S/C14H18BrNO4/c1-14(2,3)20-13(17)8-11(9-16(18)19)10-4-6-12(15)7-5-10/h4-7,11H,8-9H2,1-3H3. The average Bonchev–Trinajstić information content (AvgIpc) is 2.25. The largest absolute Gasteiger partial charge is 0.460 e. The second-order valence-corrected chi connectivity index (χ2v) is 6.47. The normalized spacial score (nSPS) is 12.8. The highest BCUT2D eigenvalue weighted by atomic mass is 79.9. The van der Waals surface area contributed by atoms with Gasteiger partial charge < -0.3 is 4.74 Å². The van der Waals surface area contributed by atoms with E-state index in [1.54, 1.807) is 45.0 Å². The summed E-state index contributed by atoms with van der Waals surface area (Å²) in [5.74, 6) is -0.903. The lowest BCUT2D eigenvalue weighted by molar-refractivity contribution is -0.483. The van der Waals surface area contributed by atoms with Crippen molar-refractivity contribution in [3.8, 4) is 0 Å². The van der Waals surface area contributed by atoms with Crippen molar-refractivity contribution in [1.29, 1.82) is 0 Å². The van der Waals surface area contributed by atoms with Gasteiger partial charge in [-0.2, -0.15) is 0 Å². The molecule has 1 rings (SSSR count). The van der Waals surface area contributed by atoms with Crippen LogP contribution in [0, 0.1) is 10.1 Å². The summed E-state index contributed by atoms with van der Waals surface area (Å²) >= 11 is 3.31. The van der Waals surface area contributed by atoms with Gasteiger partial charge in [-0.25, -0.2) is 0 Å². The summed E-state index contributed by atoms with van der Waals surface area (Å²) in [5.41, 5.74) is 0.173. The summed E-state index contributed by atoms with van der Waals surface area (Å²) in [5, 5.41) is 10.8. The van der Waals surface area contributed by atoms with E-state index in [1.807, 2.05) is 0 Å². The Morgan fingerprint density at radius 3 is 2.35 bits per heavy atom. The zero-order chi connectivity index (χ0) is 15.3. The van der Waals surface area contributed by atoms with Gasteiger partial charge in [-0.05, 0) is 38.5 Å². The summed E-state index contributed by atoms with van der Waals surface area (Å²) in [4.78, 5) is 22.2. The van der Waals surface area contributed by atoms with Crippen LogP contribution in [0.3, 0.4) is 0 Å². The molecular formula is C14H18BrNO4. The third-order valence-electron chi connectivity index (χ3n) is 2.54. The van der Waals surface area contributed by atoms with Gasteiger partial charge in [0, 0.05) is 9.40 Å². The van der Waals surface area contributed by atoms with Crippen LogP contribution in [-0.4, -0.2) is 23.0 Å². The molecule has 5 nitrogen and oxygen atoms in total. The van der Waals surface area contributed by atoms with Gasteiger partial charge in [0.05, 0.1) is 12.3 Å². The molecule has 0 fully saturated rings. The third kappa shape index (κ3) is 6.14. The molecular weight excluding hydrogens is 326 g/mol. The fraction of sp³-hybridized carbons (Fsp3) is 0.500. The number of hydrogen-bond acceptors (Lipinski definition) is 4. The summed E-state index contributed by atoms with van der Waals surface area (Å²) in [7, 11) is 0. The maximum Gasteiger partial charge on any atom is 0.307 e. The minimum absolute atomic E-state index is 0.000117. The van der Waals surface area contributed by atoms with Gasteiger partial charge in [-0.1, -0.05) is 28.1 Å². The highest BCUT2D eigenvalue weighted by Crippen LogP contribution is 2.23. The zero-order valence-electron chi connectivity index (χ0n) is 11.8. The predicted octanol–water partition coefficient (Wildman–Crippen LogP) is 3.54. The van der Waals surface area contributed by atoms with Gasteiger partial charge in [0.1, 0.15) is 5.60 Å². The van der Waals surface area contributed by atoms with E-state index in [2.05, 4.69) is 15.9 Å². The van der Waals surface area contributed by atoms with Crippen molar-refractivity contribution in [1.82, 2.24) is 0 Å². The lowest BCUT2D eigenvalue weighted by atomic mass is 9.96. The highest BCUT2D eigenvalue weighted by Gasteiger charge is 2.25. The van der Waals surface area contributed by atoms with Crippen molar-refractivity contribution in [2.45, 2.75) is 38.7 Å². The van der Waals surface area contributed by atoms with E-state index in [4.69, 9.17) is 4.74 Å². The second-order valence-electron chi connectivity index (χ2n) is 5.55. The number of esters is 1. The van der Waals surface area contributed by atoms with Gasteiger partial charge in [0.25, 0.3) is 0 Å². The van der Waals surface area contributed by atoms with Gasteiger partial charge in [-0.3, -0.25) is 14.9 Å². The Kier molecular flexibility index (Phi) is 5.68. The topological polar surface area (TPSA) is 69.4 Å². The maximum atomic E-state index is 11.8. The van der Waals surface area contributed by atoms with E-state index >= 15 is 0 Å². The molecule has 1 aromatic rings. The predicted molar refractivity (Wildman–Crippen MR) is 79.2 cm³/mol. The van der Waals surface area contributed by atoms with E-state index in [0.29, 0.717) is 0 Å². The summed E-state index contributed by atoms with van der Waals surface area (Å²) in [6.45, 7) is 5.02. The molecule has 0 spiro atoms. The summed E-state index contributed by atoms with van der Waals surface area (Å²) in [6, 6.07) is 7.17. The molecule has 0 saturated carbocycles. The molecule has 0 aliphatic rings. The molecule has 0 aliphatic carbocycles. The van der Waals surface area contributed by atoms with Crippen LogP contribution in [0.4, 0.5) is 0 Å². The Bertz CT molecular complexity index is 479. The third-order valence-corrected chi connectivity index (χ3v) is 3.07. The van der Waals surface area contributed by atoms with Gasteiger partial charge in [0.15, 0.2) is 0 Å². The Morgan fingerprint density at radius 2 is 1.90 bits per heavy atom. The van der Waals surface area contributed by atoms with Crippen molar-refractivity contribution >= 4 is 21.9 Å². The number of nitrogens with zero attached hydrogens (tertiary/aromatic N) is 1. The van der Waals surface area contributed by atoms with Crippen LogP contribution < -0.4 is 0 Å². The van der Waals surface area contributed by atoms with Crippen molar-refractivity contribution in [3.05, 3.63) is 44.4 Å². The first-order chi connectivity index (χ1) is 9.17. The Labute approximate surface area is 126 Å². The molecule has 0 amide bonds. The van der Waals surface area contributed by atoms with Gasteiger partial charge in [-0.15, -0.1) is 0 Å². The van der Waals surface area contributed by atoms with Crippen molar-refractivity contribution in [3.63, 3.8) is 0 Å². The first-order valence-corrected chi connectivity index (χ1v) is 7.06. The van der Waals surface area contributed by atoms with E-state index in [-0.39, 0.29) is 13.0 Å². The first-order valence-electron chi connectivity index (χ1n) is 6.26. The number of hydrogen-bond donors (Lipinski definition) is 0. The van der Waals surface area contributed by atoms with E-state index < -0.39 is 22.4 Å². The lowest BCUT2D eigenvalue weighted by Crippen LogP contribution is -2.26. The molecule has 0 heterocycles. The van der Waals surface area contributed by atoms with Gasteiger partial charge >= 0.3 is 5.97 Å².